The van der Waals surface area contributed by atoms with Gasteiger partial charge in [-0.2, -0.15) is 0 Å². The predicted molar refractivity (Wildman–Crippen MR) is 93.5 cm³/mol. The molecule has 0 radical (unpaired) electrons. The van der Waals surface area contributed by atoms with Crippen molar-refractivity contribution in [3.63, 3.8) is 0 Å². The fourth-order valence-corrected chi connectivity index (χ4v) is 4.17. The van der Waals surface area contributed by atoms with Crippen molar-refractivity contribution >= 4 is 17.6 Å². The van der Waals surface area contributed by atoms with E-state index < -0.39 is 5.82 Å². The molecule has 2 aliphatic rings. The minimum atomic E-state index is -0.422. The minimum absolute atomic E-state index is 0.0319. The van der Waals surface area contributed by atoms with Crippen LogP contribution >= 0.6 is 11.6 Å². The molecule has 0 amide bonds. The van der Waals surface area contributed by atoms with E-state index in [1.165, 1.54) is 12.5 Å². The second-order valence-corrected chi connectivity index (χ2v) is 8.33. The molecule has 3 rings (SSSR count). The number of esters is 1. The third kappa shape index (κ3) is 3.77. The van der Waals surface area contributed by atoms with Crippen LogP contribution in [-0.2, 0) is 9.53 Å². The molecule has 5 unspecified atom stereocenters. The van der Waals surface area contributed by atoms with Crippen LogP contribution in [-0.4, -0.2) is 12.1 Å². The second kappa shape index (κ2) is 7.03. The number of rotatable bonds is 4. The van der Waals surface area contributed by atoms with E-state index in [9.17, 15) is 9.18 Å². The van der Waals surface area contributed by atoms with Gasteiger partial charge in [0.25, 0.3) is 0 Å². The lowest BCUT2D eigenvalue weighted by Crippen LogP contribution is -2.36. The van der Waals surface area contributed by atoms with Gasteiger partial charge >= 0.3 is 5.97 Å². The van der Waals surface area contributed by atoms with Gasteiger partial charge in [-0.3, -0.25) is 4.79 Å². The third-order valence-corrected chi connectivity index (χ3v) is 6.00. The van der Waals surface area contributed by atoms with Gasteiger partial charge < -0.3 is 4.74 Å². The molecule has 2 fully saturated rings. The summed E-state index contributed by atoms with van der Waals surface area (Å²) >= 11 is 5.73. The molecule has 0 N–H and O–H groups in total. The zero-order valence-electron chi connectivity index (χ0n) is 14.6. The van der Waals surface area contributed by atoms with E-state index in [1.54, 1.807) is 6.07 Å². The van der Waals surface area contributed by atoms with Crippen molar-refractivity contribution in [3.8, 4) is 0 Å². The van der Waals surface area contributed by atoms with Crippen molar-refractivity contribution in [1.29, 1.82) is 0 Å². The summed E-state index contributed by atoms with van der Waals surface area (Å²) in [5.41, 5.74) is 0.844. The SMILES string of the molecule is CC1CCC(C(C)C)C(OC(=O)C2CC2c2ccc(Cl)c(F)c2)C1. The quantitative estimate of drug-likeness (QED) is 0.660. The summed E-state index contributed by atoms with van der Waals surface area (Å²) in [4.78, 5) is 12.5. The summed E-state index contributed by atoms with van der Waals surface area (Å²) in [7, 11) is 0. The number of ether oxygens (including phenoxy) is 1. The lowest BCUT2D eigenvalue weighted by molar-refractivity contribution is -0.157. The van der Waals surface area contributed by atoms with Crippen molar-refractivity contribution < 1.29 is 13.9 Å². The number of hydrogen-bond acceptors (Lipinski definition) is 2. The van der Waals surface area contributed by atoms with E-state index >= 15 is 0 Å². The average molecular weight is 353 g/mol. The molecule has 0 aliphatic heterocycles. The van der Waals surface area contributed by atoms with Crippen LogP contribution in [0.3, 0.4) is 0 Å². The van der Waals surface area contributed by atoms with Crippen molar-refractivity contribution in [1.82, 2.24) is 0 Å². The first-order chi connectivity index (χ1) is 11.4. The maximum atomic E-state index is 13.6. The van der Waals surface area contributed by atoms with E-state index in [0.717, 1.165) is 24.8 Å². The summed E-state index contributed by atoms with van der Waals surface area (Å²) in [6.07, 6.45) is 4.08. The normalized spacial score (nSPS) is 32.7. The summed E-state index contributed by atoms with van der Waals surface area (Å²) in [5.74, 6) is 0.997. The van der Waals surface area contributed by atoms with Crippen molar-refractivity contribution in [2.75, 3.05) is 0 Å². The monoisotopic (exact) mass is 352 g/mol. The molecule has 132 valence electrons. The Labute approximate surface area is 148 Å². The highest BCUT2D eigenvalue weighted by Gasteiger charge is 2.47. The van der Waals surface area contributed by atoms with E-state index in [2.05, 4.69) is 20.8 Å². The summed E-state index contributed by atoms with van der Waals surface area (Å²) in [6, 6.07) is 4.81. The number of halogens is 2. The Balaban J connectivity index is 1.62. The maximum Gasteiger partial charge on any atom is 0.309 e. The Kier molecular flexibility index (Phi) is 5.19. The molecule has 0 aromatic heterocycles. The standard InChI is InChI=1S/C20H26ClFO2/c1-11(2)14-6-4-12(3)8-19(14)24-20(23)16-10-15(16)13-5-7-17(21)18(22)9-13/h5,7,9,11-12,14-16,19H,4,6,8,10H2,1-3H3. The van der Waals surface area contributed by atoms with Gasteiger partial charge in [0, 0.05) is 0 Å². The highest BCUT2D eigenvalue weighted by molar-refractivity contribution is 6.30. The van der Waals surface area contributed by atoms with Crippen LogP contribution in [0.2, 0.25) is 5.02 Å². The molecule has 0 spiro atoms. The van der Waals surface area contributed by atoms with Crippen molar-refractivity contribution in [2.24, 2.45) is 23.7 Å². The lowest BCUT2D eigenvalue weighted by atomic mass is 9.75. The highest BCUT2D eigenvalue weighted by atomic mass is 35.5. The molecule has 1 aromatic rings. The van der Waals surface area contributed by atoms with Crippen LogP contribution in [0.5, 0.6) is 0 Å². The van der Waals surface area contributed by atoms with E-state index in [0.29, 0.717) is 17.8 Å². The van der Waals surface area contributed by atoms with Gasteiger partial charge in [-0.15, -0.1) is 0 Å². The topological polar surface area (TPSA) is 26.3 Å². The fraction of sp³-hybridized carbons (Fsp3) is 0.650. The Morgan fingerprint density at radius 1 is 1.29 bits per heavy atom. The fourth-order valence-electron chi connectivity index (χ4n) is 4.05. The highest BCUT2D eigenvalue weighted by Crippen LogP contribution is 2.49. The second-order valence-electron chi connectivity index (χ2n) is 7.92. The molecule has 0 heterocycles. The number of benzene rings is 1. The van der Waals surface area contributed by atoms with E-state index in [1.807, 2.05) is 6.07 Å². The Bertz CT molecular complexity index is 616. The predicted octanol–water partition coefficient (Wildman–Crippen LogP) is 5.59. The number of carbonyl (C=O) groups is 1. The Morgan fingerprint density at radius 3 is 2.71 bits per heavy atom. The number of hydrogen-bond donors (Lipinski definition) is 0. The summed E-state index contributed by atoms with van der Waals surface area (Å²) < 4.78 is 19.5. The van der Waals surface area contributed by atoms with Crippen LogP contribution in [0, 0.1) is 29.5 Å². The molecular formula is C20H26ClFO2. The Morgan fingerprint density at radius 2 is 2.04 bits per heavy atom. The minimum Gasteiger partial charge on any atom is -0.462 e. The molecule has 1 aromatic carbocycles. The molecule has 2 aliphatic carbocycles. The first kappa shape index (κ1) is 17.7. The zero-order chi connectivity index (χ0) is 17.4. The first-order valence-electron chi connectivity index (χ1n) is 9.02. The molecular weight excluding hydrogens is 327 g/mol. The number of carbonyl (C=O) groups excluding carboxylic acids is 1. The molecule has 24 heavy (non-hydrogen) atoms. The molecule has 5 atom stereocenters. The zero-order valence-corrected chi connectivity index (χ0v) is 15.4. The molecule has 2 nitrogen and oxygen atoms in total. The van der Waals surface area contributed by atoms with Crippen LogP contribution in [0.4, 0.5) is 4.39 Å². The average Bonchev–Trinajstić information content (AvgIpc) is 3.30. The van der Waals surface area contributed by atoms with Gasteiger partial charge in [0.05, 0.1) is 10.9 Å². The lowest BCUT2D eigenvalue weighted by Gasteiger charge is -2.36. The summed E-state index contributed by atoms with van der Waals surface area (Å²) in [5, 5.41) is 0.120. The molecule has 0 saturated heterocycles. The molecule has 0 bridgehead atoms. The van der Waals surface area contributed by atoms with Gasteiger partial charge in [0.1, 0.15) is 11.9 Å². The van der Waals surface area contributed by atoms with Crippen molar-refractivity contribution in [3.05, 3.63) is 34.6 Å². The summed E-state index contributed by atoms with van der Waals surface area (Å²) in [6.45, 7) is 6.64. The first-order valence-corrected chi connectivity index (χ1v) is 9.40. The molecule has 2 saturated carbocycles. The van der Waals surface area contributed by atoms with Crippen LogP contribution in [0.15, 0.2) is 18.2 Å². The van der Waals surface area contributed by atoms with E-state index in [4.69, 9.17) is 16.3 Å². The van der Waals surface area contributed by atoms with Crippen LogP contribution < -0.4 is 0 Å². The van der Waals surface area contributed by atoms with Crippen LogP contribution in [0.25, 0.3) is 0 Å². The van der Waals surface area contributed by atoms with Crippen molar-refractivity contribution in [2.45, 2.75) is 58.5 Å². The van der Waals surface area contributed by atoms with E-state index in [-0.39, 0.29) is 28.9 Å². The Hall–Kier alpha value is -1.09. The van der Waals surface area contributed by atoms with Crippen LogP contribution in [0.1, 0.15) is 57.9 Å². The van der Waals surface area contributed by atoms with Gasteiger partial charge in [0.15, 0.2) is 0 Å². The van der Waals surface area contributed by atoms with Gasteiger partial charge in [0.2, 0.25) is 0 Å². The molecule has 4 heteroatoms. The van der Waals surface area contributed by atoms with Gasteiger partial charge in [-0.1, -0.05) is 44.9 Å². The third-order valence-electron chi connectivity index (χ3n) is 5.69. The smallest absolute Gasteiger partial charge is 0.309 e. The maximum absolute atomic E-state index is 13.6. The van der Waals surface area contributed by atoms with Gasteiger partial charge in [-0.25, -0.2) is 4.39 Å². The van der Waals surface area contributed by atoms with Gasteiger partial charge in [-0.05, 0) is 60.6 Å². The largest absolute Gasteiger partial charge is 0.462 e.